The van der Waals surface area contributed by atoms with Crippen LogP contribution in [0.3, 0.4) is 0 Å². The van der Waals surface area contributed by atoms with Crippen LogP contribution in [0.1, 0.15) is 12.5 Å². The second-order valence-corrected chi connectivity index (χ2v) is 5.57. The topological polar surface area (TPSA) is 50.4 Å². The van der Waals surface area contributed by atoms with E-state index in [2.05, 4.69) is 10.6 Å². The minimum absolute atomic E-state index is 0.369. The Bertz CT molecular complexity index is 660. The third kappa shape index (κ3) is 4.55. The molecule has 2 amide bonds. The molecule has 116 valence electrons. The van der Waals surface area contributed by atoms with Gasteiger partial charge in [0.15, 0.2) is 6.23 Å². The number of ether oxygens (including phenoxy) is 1. The second-order valence-electron chi connectivity index (χ2n) is 4.72. The number of rotatable bonds is 4. The SMILES string of the molecule is Cc1c(Cl)cccc1NC(=O)NC(C)Oc1ccc(Cl)cc1. The highest BCUT2D eigenvalue weighted by atomic mass is 35.5. The Morgan fingerprint density at radius 2 is 1.82 bits per heavy atom. The summed E-state index contributed by atoms with van der Waals surface area (Å²) in [6.07, 6.45) is -0.499. The third-order valence-corrected chi connectivity index (χ3v) is 3.64. The number of benzene rings is 2. The van der Waals surface area contributed by atoms with Crippen molar-refractivity contribution in [1.29, 1.82) is 0 Å². The predicted molar refractivity (Wildman–Crippen MR) is 89.9 cm³/mol. The molecule has 2 N–H and O–H groups in total. The Morgan fingerprint density at radius 3 is 2.50 bits per heavy atom. The summed E-state index contributed by atoms with van der Waals surface area (Å²) in [4.78, 5) is 12.0. The summed E-state index contributed by atoms with van der Waals surface area (Å²) in [6, 6.07) is 11.9. The van der Waals surface area contributed by atoms with E-state index in [-0.39, 0.29) is 6.03 Å². The lowest BCUT2D eigenvalue weighted by molar-refractivity contribution is 0.183. The molecular weight excluding hydrogens is 323 g/mol. The molecule has 0 aliphatic rings. The molecule has 0 aliphatic heterocycles. The van der Waals surface area contributed by atoms with Gasteiger partial charge in [-0.05, 0) is 55.8 Å². The van der Waals surface area contributed by atoms with E-state index in [4.69, 9.17) is 27.9 Å². The first-order valence-electron chi connectivity index (χ1n) is 6.70. The number of carbonyl (C=O) groups excluding carboxylic acids is 1. The van der Waals surface area contributed by atoms with Gasteiger partial charge in [0.2, 0.25) is 0 Å². The van der Waals surface area contributed by atoms with Crippen molar-refractivity contribution in [2.75, 3.05) is 5.32 Å². The smallest absolute Gasteiger partial charge is 0.322 e. The Morgan fingerprint density at radius 1 is 1.14 bits per heavy atom. The lowest BCUT2D eigenvalue weighted by atomic mass is 10.2. The third-order valence-electron chi connectivity index (χ3n) is 2.98. The zero-order valence-electron chi connectivity index (χ0n) is 12.2. The molecule has 0 heterocycles. The van der Waals surface area contributed by atoms with Gasteiger partial charge in [-0.25, -0.2) is 4.79 Å². The summed E-state index contributed by atoms with van der Waals surface area (Å²) in [5.41, 5.74) is 1.47. The van der Waals surface area contributed by atoms with Crippen molar-refractivity contribution >= 4 is 34.9 Å². The Balaban J connectivity index is 1.91. The van der Waals surface area contributed by atoms with Crippen LogP contribution in [0.2, 0.25) is 10.0 Å². The van der Waals surface area contributed by atoms with Crippen molar-refractivity contribution < 1.29 is 9.53 Å². The first kappa shape index (κ1) is 16.5. The standard InChI is InChI=1S/C16H16Cl2N2O2/c1-10-14(18)4-3-5-15(10)20-16(21)19-11(2)22-13-8-6-12(17)7-9-13/h3-9,11H,1-2H3,(H2,19,20,21). The molecule has 1 unspecified atom stereocenters. The van der Waals surface area contributed by atoms with Gasteiger partial charge in [0.1, 0.15) is 5.75 Å². The summed E-state index contributed by atoms with van der Waals surface area (Å²) in [6.45, 7) is 3.57. The molecule has 0 spiro atoms. The molecule has 1 atom stereocenters. The van der Waals surface area contributed by atoms with E-state index in [0.717, 1.165) is 5.56 Å². The van der Waals surface area contributed by atoms with Gasteiger partial charge >= 0.3 is 6.03 Å². The average Bonchev–Trinajstić information content (AvgIpc) is 2.46. The van der Waals surface area contributed by atoms with E-state index in [1.165, 1.54) is 0 Å². The molecule has 0 saturated heterocycles. The monoisotopic (exact) mass is 338 g/mol. The van der Waals surface area contributed by atoms with Gasteiger partial charge in [-0.1, -0.05) is 29.3 Å². The van der Waals surface area contributed by atoms with Gasteiger partial charge < -0.3 is 15.4 Å². The summed E-state index contributed by atoms with van der Waals surface area (Å²) in [7, 11) is 0. The first-order valence-corrected chi connectivity index (χ1v) is 7.46. The fourth-order valence-electron chi connectivity index (χ4n) is 1.83. The lowest BCUT2D eigenvalue weighted by Crippen LogP contribution is -2.39. The second kappa shape index (κ2) is 7.38. The van der Waals surface area contributed by atoms with Crippen LogP contribution in [0, 0.1) is 6.92 Å². The van der Waals surface area contributed by atoms with Gasteiger partial charge in [-0.3, -0.25) is 0 Å². The minimum atomic E-state index is -0.499. The average molecular weight is 339 g/mol. The molecule has 0 fully saturated rings. The Labute approximate surface area is 139 Å². The predicted octanol–water partition coefficient (Wildman–Crippen LogP) is 4.85. The van der Waals surface area contributed by atoms with E-state index >= 15 is 0 Å². The molecule has 2 rings (SSSR count). The van der Waals surface area contributed by atoms with E-state index in [1.807, 2.05) is 6.92 Å². The number of hydrogen-bond donors (Lipinski definition) is 2. The van der Waals surface area contributed by atoms with E-state index < -0.39 is 6.23 Å². The zero-order chi connectivity index (χ0) is 16.1. The minimum Gasteiger partial charge on any atom is -0.471 e. The summed E-state index contributed by atoms with van der Waals surface area (Å²) in [5.74, 6) is 0.621. The van der Waals surface area contributed by atoms with E-state index in [0.29, 0.717) is 21.5 Å². The highest BCUT2D eigenvalue weighted by Crippen LogP contribution is 2.22. The van der Waals surface area contributed by atoms with Gasteiger partial charge in [0, 0.05) is 15.7 Å². The number of anilines is 1. The molecule has 6 heteroatoms. The van der Waals surface area contributed by atoms with E-state index in [1.54, 1.807) is 49.4 Å². The van der Waals surface area contributed by atoms with Crippen LogP contribution in [0.5, 0.6) is 5.75 Å². The lowest BCUT2D eigenvalue weighted by Gasteiger charge is -2.17. The largest absolute Gasteiger partial charge is 0.471 e. The normalized spacial score (nSPS) is 11.6. The van der Waals surface area contributed by atoms with Crippen LogP contribution in [-0.2, 0) is 0 Å². The molecule has 0 radical (unpaired) electrons. The van der Waals surface area contributed by atoms with Gasteiger partial charge in [0.05, 0.1) is 0 Å². The summed E-state index contributed by atoms with van der Waals surface area (Å²) in [5, 5.41) is 6.66. The number of halogens is 2. The Kier molecular flexibility index (Phi) is 5.52. The maximum Gasteiger partial charge on any atom is 0.322 e. The molecule has 0 aromatic heterocycles. The molecule has 0 saturated carbocycles. The van der Waals surface area contributed by atoms with Gasteiger partial charge in [-0.15, -0.1) is 0 Å². The van der Waals surface area contributed by atoms with Crippen molar-refractivity contribution in [3.63, 3.8) is 0 Å². The van der Waals surface area contributed by atoms with Crippen molar-refractivity contribution in [2.45, 2.75) is 20.1 Å². The number of nitrogens with one attached hydrogen (secondary N) is 2. The van der Waals surface area contributed by atoms with E-state index in [9.17, 15) is 4.79 Å². The molecule has 22 heavy (non-hydrogen) atoms. The Hall–Kier alpha value is -1.91. The van der Waals surface area contributed by atoms with Crippen LogP contribution in [0.4, 0.5) is 10.5 Å². The summed E-state index contributed by atoms with van der Waals surface area (Å²) >= 11 is 11.8. The van der Waals surface area contributed by atoms with Crippen LogP contribution >= 0.6 is 23.2 Å². The number of hydrogen-bond acceptors (Lipinski definition) is 2. The fraction of sp³-hybridized carbons (Fsp3) is 0.188. The maximum atomic E-state index is 12.0. The van der Waals surface area contributed by atoms with Gasteiger partial charge in [-0.2, -0.15) is 0 Å². The van der Waals surface area contributed by atoms with Crippen LogP contribution < -0.4 is 15.4 Å². The molecule has 0 aliphatic carbocycles. The van der Waals surface area contributed by atoms with Crippen molar-refractivity contribution in [2.24, 2.45) is 0 Å². The van der Waals surface area contributed by atoms with Crippen molar-refractivity contribution in [3.05, 3.63) is 58.1 Å². The first-order chi connectivity index (χ1) is 10.5. The molecular formula is C16H16Cl2N2O2. The highest BCUT2D eigenvalue weighted by Gasteiger charge is 2.10. The molecule has 2 aromatic carbocycles. The molecule has 2 aromatic rings. The highest BCUT2D eigenvalue weighted by molar-refractivity contribution is 6.31. The molecule has 4 nitrogen and oxygen atoms in total. The quantitative estimate of drug-likeness (QED) is 0.783. The van der Waals surface area contributed by atoms with Crippen LogP contribution in [0.15, 0.2) is 42.5 Å². The molecule has 0 bridgehead atoms. The number of urea groups is 1. The van der Waals surface area contributed by atoms with Crippen molar-refractivity contribution in [3.8, 4) is 5.75 Å². The maximum absolute atomic E-state index is 12.0. The fourth-order valence-corrected chi connectivity index (χ4v) is 2.13. The number of amides is 2. The van der Waals surface area contributed by atoms with Crippen LogP contribution in [0.25, 0.3) is 0 Å². The van der Waals surface area contributed by atoms with Crippen molar-refractivity contribution in [1.82, 2.24) is 5.32 Å². The van der Waals surface area contributed by atoms with Gasteiger partial charge in [0.25, 0.3) is 0 Å². The zero-order valence-corrected chi connectivity index (χ0v) is 13.7. The summed E-state index contributed by atoms with van der Waals surface area (Å²) < 4.78 is 5.58. The van der Waals surface area contributed by atoms with Crippen LogP contribution in [-0.4, -0.2) is 12.3 Å². The number of carbonyl (C=O) groups is 1.